The van der Waals surface area contributed by atoms with Gasteiger partial charge in [-0.05, 0) is 24.6 Å². The normalized spacial score (nSPS) is 10.7. The van der Waals surface area contributed by atoms with Gasteiger partial charge in [0.15, 0.2) is 5.82 Å². The summed E-state index contributed by atoms with van der Waals surface area (Å²) in [5.74, 6) is 0.973. The van der Waals surface area contributed by atoms with Gasteiger partial charge < -0.3 is 5.32 Å². The van der Waals surface area contributed by atoms with Gasteiger partial charge in [0.25, 0.3) is 0 Å². The molecule has 0 bridgehead atoms. The third-order valence-electron chi connectivity index (χ3n) is 4.56. The molecule has 0 spiro atoms. The average molecular weight is 415 g/mol. The number of aryl methyl sites for hydroxylation is 1. The molecule has 0 aliphatic carbocycles. The van der Waals surface area contributed by atoms with Crippen LogP contribution in [0.15, 0.2) is 90.1 Å². The number of thioether (sulfide) groups is 1. The molecule has 0 atom stereocenters. The molecule has 5 nitrogen and oxygen atoms in total. The summed E-state index contributed by atoms with van der Waals surface area (Å²) in [7, 11) is 0. The van der Waals surface area contributed by atoms with Crippen LogP contribution in [0.5, 0.6) is 0 Å². The molecule has 30 heavy (non-hydrogen) atoms. The molecule has 0 saturated heterocycles. The number of benzene rings is 3. The number of aromatic nitrogens is 3. The lowest BCUT2D eigenvalue weighted by atomic mass is 10.1. The zero-order chi connectivity index (χ0) is 20.8. The van der Waals surface area contributed by atoms with E-state index in [9.17, 15) is 4.79 Å². The van der Waals surface area contributed by atoms with E-state index < -0.39 is 0 Å². The molecule has 1 heterocycles. The standard InChI is InChI=1S/C24H22N4OS/c1-18-12-14-19(15-13-18)16-25-22(29)17-30-24-26-23(20-8-4-2-5-9-20)28(27-24)21-10-6-3-7-11-21/h2-15H,16-17H2,1H3,(H,25,29). The van der Waals surface area contributed by atoms with Crippen molar-refractivity contribution in [1.82, 2.24) is 20.1 Å². The van der Waals surface area contributed by atoms with Crippen LogP contribution in [0.3, 0.4) is 0 Å². The van der Waals surface area contributed by atoms with Gasteiger partial charge in [0.1, 0.15) is 0 Å². The first-order valence-electron chi connectivity index (χ1n) is 9.72. The molecule has 0 unspecified atom stereocenters. The van der Waals surface area contributed by atoms with Crippen LogP contribution in [-0.2, 0) is 11.3 Å². The third-order valence-corrected chi connectivity index (χ3v) is 5.40. The Morgan fingerprint density at radius 3 is 2.30 bits per heavy atom. The number of nitrogens with one attached hydrogen (secondary N) is 1. The van der Waals surface area contributed by atoms with Gasteiger partial charge in [-0.3, -0.25) is 4.79 Å². The first-order valence-corrected chi connectivity index (χ1v) is 10.7. The van der Waals surface area contributed by atoms with E-state index in [2.05, 4.69) is 10.4 Å². The second-order valence-corrected chi connectivity index (χ2v) is 7.82. The second kappa shape index (κ2) is 9.41. The van der Waals surface area contributed by atoms with Gasteiger partial charge in [-0.25, -0.2) is 9.67 Å². The Bertz CT molecular complexity index is 1050. The Labute approximate surface area is 180 Å². The number of amides is 1. The second-order valence-electron chi connectivity index (χ2n) is 6.88. The summed E-state index contributed by atoms with van der Waals surface area (Å²) in [4.78, 5) is 17.0. The number of rotatable bonds is 7. The average Bonchev–Trinajstić information content (AvgIpc) is 3.23. The van der Waals surface area contributed by atoms with E-state index in [0.29, 0.717) is 11.7 Å². The fourth-order valence-electron chi connectivity index (χ4n) is 2.97. The molecular formula is C24H22N4OS. The van der Waals surface area contributed by atoms with Crippen molar-refractivity contribution in [2.45, 2.75) is 18.6 Å². The summed E-state index contributed by atoms with van der Waals surface area (Å²) in [5.41, 5.74) is 4.19. The molecule has 4 aromatic rings. The fraction of sp³-hybridized carbons (Fsp3) is 0.125. The molecule has 3 aromatic carbocycles. The van der Waals surface area contributed by atoms with Crippen molar-refractivity contribution in [3.05, 3.63) is 96.1 Å². The fourth-order valence-corrected chi connectivity index (χ4v) is 3.62. The Hall–Kier alpha value is -3.38. The van der Waals surface area contributed by atoms with Gasteiger partial charge in [0, 0.05) is 12.1 Å². The van der Waals surface area contributed by atoms with E-state index >= 15 is 0 Å². The van der Waals surface area contributed by atoms with Crippen LogP contribution in [0.1, 0.15) is 11.1 Å². The molecule has 6 heteroatoms. The van der Waals surface area contributed by atoms with Crippen molar-refractivity contribution in [1.29, 1.82) is 0 Å². The van der Waals surface area contributed by atoms with E-state index in [1.54, 1.807) is 0 Å². The summed E-state index contributed by atoms with van der Waals surface area (Å²) >= 11 is 1.34. The third kappa shape index (κ3) is 4.96. The highest BCUT2D eigenvalue weighted by Gasteiger charge is 2.15. The highest BCUT2D eigenvalue weighted by Crippen LogP contribution is 2.24. The van der Waals surface area contributed by atoms with Gasteiger partial charge in [-0.2, -0.15) is 0 Å². The van der Waals surface area contributed by atoms with Crippen LogP contribution in [-0.4, -0.2) is 26.4 Å². The van der Waals surface area contributed by atoms with Crippen LogP contribution >= 0.6 is 11.8 Å². The Morgan fingerprint density at radius 1 is 0.933 bits per heavy atom. The first kappa shape index (κ1) is 19.9. The number of para-hydroxylation sites is 1. The van der Waals surface area contributed by atoms with E-state index in [1.165, 1.54) is 17.3 Å². The van der Waals surface area contributed by atoms with Gasteiger partial charge in [0.05, 0.1) is 11.4 Å². The van der Waals surface area contributed by atoms with Crippen molar-refractivity contribution in [3.63, 3.8) is 0 Å². The van der Waals surface area contributed by atoms with Gasteiger partial charge >= 0.3 is 0 Å². The molecule has 1 N–H and O–H groups in total. The Balaban J connectivity index is 1.46. The first-order chi connectivity index (χ1) is 14.7. The van der Waals surface area contributed by atoms with Gasteiger partial charge in [0.2, 0.25) is 11.1 Å². The summed E-state index contributed by atoms with van der Waals surface area (Å²) in [6.07, 6.45) is 0. The zero-order valence-corrected chi connectivity index (χ0v) is 17.5. The molecule has 0 aliphatic rings. The van der Waals surface area contributed by atoms with Crippen LogP contribution in [0.2, 0.25) is 0 Å². The molecule has 4 rings (SSSR count). The number of nitrogens with zero attached hydrogens (tertiary/aromatic N) is 3. The maximum Gasteiger partial charge on any atom is 0.230 e. The molecular weight excluding hydrogens is 392 g/mol. The summed E-state index contributed by atoms with van der Waals surface area (Å²) < 4.78 is 1.82. The zero-order valence-electron chi connectivity index (χ0n) is 16.7. The predicted molar refractivity (Wildman–Crippen MR) is 121 cm³/mol. The number of carbonyl (C=O) groups excluding carboxylic acids is 1. The highest BCUT2D eigenvalue weighted by molar-refractivity contribution is 7.99. The quantitative estimate of drug-likeness (QED) is 0.447. The van der Waals surface area contributed by atoms with Crippen LogP contribution in [0, 0.1) is 6.92 Å². The summed E-state index contributed by atoms with van der Waals surface area (Å²) in [6.45, 7) is 2.56. The van der Waals surface area contributed by atoms with Gasteiger partial charge in [-0.1, -0.05) is 90.1 Å². The molecule has 150 valence electrons. The minimum atomic E-state index is -0.0436. The van der Waals surface area contributed by atoms with Crippen LogP contribution in [0.4, 0.5) is 0 Å². The maximum atomic E-state index is 12.3. The number of carbonyl (C=O) groups is 1. The predicted octanol–water partition coefficient (Wildman–Crippen LogP) is 4.65. The number of hydrogen-bond donors (Lipinski definition) is 1. The minimum Gasteiger partial charge on any atom is -0.351 e. The largest absolute Gasteiger partial charge is 0.351 e. The molecule has 0 fully saturated rings. The van der Waals surface area contributed by atoms with E-state index in [1.807, 2.05) is 96.5 Å². The lowest BCUT2D eigenvalue weighted by Gasteiger charge is -2.05. The van der Waals surface area contributed by atoms with Crippen LogP contribution < -0.4 is 5.32 Å². The lowest BCUT2D eigenvalue weighted by molar-refractivity contribution is -0.118. The lowest BCUT2D eigenvalue weighted by Crippen LogP contribution is -2.24. The molecule has 1 amide bonds. The summed E-state index contributed by atoms with van der Waals surface area (Å²) in [6, 6.07) is 28.0. The minimum absolute atomic E-state index is 0.0436. The number of hydrogen-bond acceptors (Lipinski definition) is 4. The SMILES string of the molecule is Cc1ccc(CNC(=O)CSc2nc(-c3ccccc3)n(-c3ccccc3)n2)cc1. The van der Waals surface area contributed by atoms with Gasteiger partial charge in [-0.15, -0.1) is 5.10 Å². The monoisotopic (exact) mass is 414 g/mol. The summed E-state index contributed by atoms with van der Waals surface area (Å²) in [5, 5.41) is 8.17. The maximum absolute atomic E-state index is 12.3. The molecule has 0 aliphatic heterocycles. The van der Waals surface area contributed by atoms with Crippen molar-refractivity contribution < 1.29 is 4.79 Å². The van der Waals surface area contributed by atoms with E-state index in [4.69, 9.17) is 4.98 Å². The van der Waals surface area contributed by atoms with Crippen molar-refractivity contribution in [2.24, 2.45) is 0 Å². The van der Waals surface area contributed by atoms with E-state index in [0.717, 1.165) is 22.6 Å². The topological polar surface area (TPSA) is 59.8 Å². The molecule has 0 saturated carbocycles. The van der Waals surface area contributed by atoms with Crippen molar-refractivity contribution in [3.8, 4) is 17.1 Å². The Morgan fingerprint density at radius 2 is 1.60 bits per heavy atom. The van der Waals surface area contributed by atoms with E-state index in [-0.39, 0.29) is 11.7 Å². The van der Waals surface area contributed by atoms with Crippen molar-refractivity contribution >= 4 is 17.7 Å². The smallest absolute Gasteiger partial charge is 0.230 e. The van der Waals surface area contributed by atoms with Crippen LogP contribution in [0.25, 0.3) is 17.1 Å². The van der Waals surface area contributed by atoms with Crippen molar-refractivity contribution in [2.75, 3.05) is 5.75 Å². The highest BCUT2D eigenvalue weighted by atomic mass is 32.2. The Kier molecular flexibility index (Phi) is 6.25. The molecule has 0 radical (unpaired) electrons. The molecule has 1 aromatic heterocycles.